The van der Waals surface area contributed by atoms with Gasteiger partial charge in [0.2, 0.25) is 0 Å². The Morgan fingerprint density at radius 3 is 2.19 bits per heavy atom. The van der Waals surface area contributed by atoms with E-state index in [4.69, 9.17) is 0 Å². The highest BCUT2D eigenvalue weighted by molar-refractivity contribution is 6.31. The van der Waals surface area contributed by atoms with Gasteiger partial charge in [-0.25, -0.2) is 5.01 Å². The predicted molar refractivity (Wildman–Crippen MR) is 103 cm³/mol. The topological polar surface area (TPSA) is 52.7 Å². The molecule has 0 radical (unpaired) electrons. The van der Waals surface area contributed by atoms with Gasteiger partial charge in [0.15, 0.2) is 0 Å². The highest BCUT2D eigenvalue weighted by atomic mass is 16.2. The SMILES string of the molecule is O=C1NN(c2ccccc2)C(=O)C1=Cc1ccc(N2CCCCC2)cc1. The molecular formula is C21H21N3O2. The third kappa shape index (κ3) is 3.20. The first-order chi connectivity index (χ1) is 12.7. The largest absolute Gasteiger partial charge is 0.372 e. The minimum Gasteiger partial charge on any atom is -0.372 e. The summed E-state index contributed by atoms with van der Waals surface area (Å²) in [4.78, 5) is 27.2. The maximum Gasteiger partial charge on any atom is 0.282 e. The van der Waals surface area contributed by atoms with E-state index >= 15 is 0 Å². The molecular weight excluding hydrogens is 326 g/mol. The van der Waals surface area contributed by atoms with Crippen LogP contribution in [0.1, 0.15) is 24.8 Å². The van der Waals surface area contributed by atoms with Crippen molar-refractivity contribution in [1.82, 2.24) is 5.43 Å². The summed E-state index contributed by atoms with van der Waals surface area (Å²) in [5.74, 6) is -0.708. The number of hydrazine groups is 1. The number of carbonyl (C=O) groups excluding carboxylic acids is 2. The molecule has 0 unspecified atom stereocenters. The molecule has 0 aromatic heterocycles. The Kier molecular flexibility index (Phi) is 4.44. The number of nitrogens with one attached hydrogen (secondary N) is 1. The molecule has 2 aliphatic rings. The highest BCUT2D eigenvalue weighted by Gasteiger charge is 2.34. The number of piperidine rings is 1. The molecule has 0 aliphatic carbocycles. The van der Waals surface area contributed by atoms with Crippen LogP contribution in [-0.2, 0) is 9.59 Å². The van der Waals surface area contributed by atoms with Crippen molar-refractivity contribution in [2.24, 2.45) is 0 Å². The first kappa shape index (κ1) is 16.4. The van der Waals surface area contributed by atoms with Crippen LogP contribution >= 0.6 is 0 Å². The molecule has 0 spiro atoms. The minimum absolute atomic E-state index is 0.152. The molecule has 2 aromatic carbocycles. The van der Waals surface area contributed by atoms with E-state index in [1.54, 1.807) is 18.2 Å². The van der Waals surface area contributed by atoms with E-state index in [-0.39, 0.29) is 17.4 Å². The monoisotopic (exact) mass is 347 g/mol. The number of amides is 2. The summed E-state index contributed by atoms with van der Waals surface area (Å²) in [6, 6.07) is 17.1. The molecule has 0 atom stereocenters. The van der Waals surface area contributed by atoms with Gasteiger partial charge < -0.3 is 4.90 Å². The van der Waals surface area contributed by atoms with Crippen LogP contribution in [0.15, 0.2) is 60.2 Å². The second-order valence-corrected chi connectivity index (χ2v) is 6.61. The number of hydrogen-bond acceptors (Lipinski definition) is 3. The number of rotatable bonds is 3. The van der Waals surface area contributed by atoms with Gasteiger partial charge >= 0.3 is 0 Å². The average Bonchev–Trinajstić information content (AvgIpc) is 2.98. The van der Waals surface area contributed by atoms with Crippen LogP contribution in [0.5, 0.6) is 0 Å². The van der Waals surface area contributed by atoms with E-state index in [0.717, 1.165) is 18.7 Å². The second kappa shape index (κ2) is 7.04. The lowest BCUT2D eigenvalue weighted by Crippen LogP contribution is -2.35. The summed E-state index contributed by atoms with van der Waals surface area (Å²) in [6.45, 7) is 2.18. The van der Waals surface area contributed by atoms with Crippen molar-refractivity contribution >= 4 is 29.3 Å². The number of benzene rings is 2. The molecule has 2 saturated heterocycles. The summed E-state index contributed by atoms with van der Waals surface area (Å²) in [6.07, 6.45) is 5.42. The molecule has 5 heteroatoms. The fourth-order valence-corrected chi connectivity index (χ4v) is 3.42. The summed E-state index contributed by atoms with van der Waals surface area (Å²) < 4.78 is 0. The predicted octanol–water partition coefficient (Wildman–Crippen LogP) is 3.14. The summed E-state index contributed by atoms with van der Waals surface area (Å²) in [5.41, 5.74) is 5.46. The van der Waals surface area contributed by atoms with Gasteiger partial charge in [0.05, 0.1) is 5.69 Å². The van der Waals surface area contributed by atoms with Gasteiger partial charge in [0, 0.05) is 18.8 Å². The Balaban J connectivity index is 1.54. The van der Waals surface area contributed by atoms with Crippen LogP contribution in [0.25, 0.3) is 6.08 Å². The van der Waals surface area contributed by atoms with Gasteiger partial charge in [-0.15, -0.1) is 0 Å². The fourth-order valence-electron chi connectivity index (χ4n) is 3.42. The first-order valence-electron chi connectivity index (χ1n) is 8.99. The molecule has 2 aromatic rings. The van der Waals surface area contributed by atoms with Gasteiger partial charge in [-0.05, 0) is 55.2 Å². The molecule has 2 heterocycles. The Bertz CT molecular complexity index is 837. The number of para-hydroxylation sites is 1. The quantitative estimate of drug-likeness (QED) is 0.685. The van der Waals surface area contributed by atoms with Gasteiger partial charge in [0.1, 0.15) is 5.57 Å². The summed E-state index contributed by atoms with van der Waals surface area (Å²) in [7, 11) is 0. The molecule has 2 aliphatic heterocycles. The molecule has 0 bridgehead atoms. The van der Waals surface area contributed by atoms with Gasteiger partial charge in [-0.3, -0.25) is 15.0 Å². The zero-order valence-corrected chi connectivity index (χ0v) is 14.5. The Hall–Kier alpha value is -3.08. The molecule has 4 rings (SSSR count). The Morgan fingerprint density at radius 1 is 0.808 bits per heavy atom. The van der Waals surface area contributed by atoms with Crippen molar-refractivity contribution in [3.8, 4) is 0 Å². The first-order valence-corrected chi connectivity index (χ1v) is 8.99. The van der Waals surface area contributed by atoms with Gasteiger partial charge in [-0.1, -0.05) is 30.3 Å². The molecule has 2 amide bonds. The standard InChI is InChI=1S/C21H21N3O2/c25-20-19(21(26)24(22-20)18-7-3-1-4-8-18)15-16-9-11-17(12-10-16)23-13-5-2-6-14-23/h1,3-4,7-12,15H,2,5-6,13-14H2,(H,22,25). The smallest absolute Gasteiger partial charge is 0.282 e. The third-order valence-electron chi connectivity index (χ3n) is 4.83. The van der Waals surface area contributed by atoms with Crippen molar-refractivity contribution < 1.29 is 9.59 Å². The van der Waals surface area contributed by atoms with Crippen LogP contribution in [-0.4, -0.2) is 24.9 Å². The third-order valence-corrected chi connectivity index (χ3v) is 4.83. The number of carbonyl (C=O) groups is 2. The Labute approximate surface area is 152 Å². The van der Waals surface area contributed by atoms with Crippen molar-refractivity contribution in [2.75, 3.05) is 23.0 Å². The van der Waals surface area contributed by atoms with E-state index in [0.29, 0.717) is 5.69 Å². The second-order valence-electron chi connectivity index (χ2n) is 6.61. The lowest BCUT2D eigenvalue weighted by molar-refractivity contribution is -0.117. The molecule has 26 heavy (non-hydrogen) atoms. The molecule has 1 N–H and O–H groups in total. The van der Waals surface area contributed by atoms with E-state index in [1.165, 1.54) is 30.0 Å². The lowest BCUT2D eigenvalue weighted by Gasteiger charge is -2.28. The maximum atomic E-state index is 12.6. The molecule has 132 valence electrons. The lowest BCUT2D eigenvalue weighted by atomic mass is 10.1. The maximum absolute atomic E-state index is 12.6. The summed E-state index contributed by atoms with van der Waals surface area (Å²) >= 11 is 0. The van der Waals surface area contributed by atoms with Gasteiger partial charge in [-0.2, -0.15) is 0 Å². The van der Waals surface area contributed by atoms with Crippen LogP contribution in [0, 0.1) is 0 Å². The zero-order chi connectivity index (χ0) is 17.9. The van der Waals surface area contributed by atoms with E-state index < -0.39 is 0 Å². The van der Waals surface area contributed by atoms with E-state index in [1.807, 2.05) is 30.3 Å². The molecule has 5 nitrogen and oxygen atoms in total. The average molecular weight is 347 g/mol. The van der Waals surface area contributed by atoms with E-state index in [2.05, 4.69) is 22.5 Å². The summed E-state index contributed by atoms with van der Waals surface area (Å²) in [5, 5.41) is 1.29. The minimum atomic E-state index is -0.376. The normalized spacial score (nSPS) is 19.2. The van der Waals surface area contributed by atoms with Crippen molar-refractivity contribution in [3.63, 3.8) is 0 Å². The van der Waals surface area contributed by atoms with E-state index in [9.17, 15) is 9.59 Å². The van der Waals surface area contributed by atoms with Crippen LogP contribution < -0.4 is 15.3 Å². The number of anilines is 2. The number of nitrogens with zero attached hydrogens (tertiary/aromatic N) is 2. The fraction of sp³-hybridized carbons (Fsp3) is 0.238. The molecule has 0 saturated carbocycles. The highest BCUT2D eigenvalue weighted by Crippen LogP contribution is 2.23. The van der Waals surface area contributed by atoms with Crippen molar-refractivity contribution in [1.29, 1.82) is 0 Å². The van der Waals surface area contributed by atoms with Gasteiger partial charge in [0.25, 0.3) is 11.8 Å². The van der Waals surface area contributed by atoms with Crippen LogP contribution in [0.2, 0.25) is 0 Å². The zero-order valence-electron chi connectivity index (χ0n) is 14.5. The van der Waals surface area contributed by atoms with Crippen molar-refractivity contribution in [2.45, 2.75) is 19.3 Å². The molecule has 2 fully saturated rings. The number of hydrogen-bond donors (Lipinski definition) is 1. The van der Waals surface area contributed by atoms with Crippen molar-refractivity contribution in [3.05, 3.63) is 65.7 Å². The van der Waals surface area contributed by atoms with Crippen LogP contribution in [0.3, 0.4) is 0 Å². The van der Waals surface area contributed by atoms with Crippen LogP contribution in [0.4, 0.5) is 11.4 Å². The Morgan fingerprint density at radius 2 is 1.50 bits per heavy atom.